The largest absolute Gasteiger partial charge is 0.228 e. The highest BCUT2D eigenvalue weighted by molar-refractivity contribution is 8.00. The quantitative estimate of drug-likeness (QED) is 0.427. The maximum atomic E-state index is 12.4. The molecule has 38 valence electrons. The van der Waals surface area contributed by atoms with Crippen molar-refractivity contribution in [1.82, 2.24) is 0 Å². The molecule has 1 heterocycles. The Morgan fingerprint density at radius 1 is 1.71 bits per heavy atom. The SMILES string of the molecule is C#CC1(F)CSC1. The lowest BCUT2D eigenvalue weighted by molar-refractivity contribution is 0.298. The topological polar surface area (TPSA) is 0 Å². The molecule has 0 atom stereocenters. The Bertz CT molecular complexity index is 110. The highest BCUT2D eigenvalue weighted by Gasteiger charge is 2.35. The van der Waals surface area contributed by atoms with E-state index < -0.39 is 5.67 Å². The van der Waals surface area contributed by atoms with Gasteiger partial charge in [-0.2, -0.15) is 11.8 Å². The Morgan fingerprint density at radius 3 is 2.29 bits per heavy atom. The molecule has 2 heteroatoms. The summed E-state index contributed by atoms with van der Waals surface area (Å²) in [6.07, 6.45) is 4.83. The fourth-order valence-electron chi connectivity index (χ4n) is 0.365. The number of thioether (sulfide) groups is 1. The van der Waals surface area contributed by atoms with E-state index in [9.17, 15) is 4.39 Å². The Kier molecular flexibility index (Phi) is 1.01. The van der Waals surface area contributed by atoms with Crippen molar-refractivity contribution in [2.75, 3.05) is 11.5 Å². The summed E-state index contributed by atoms with van der Waals surface area (Å²) in [5.41, 5.74) is -1.25. The molecule has 0 nitrogen and oxygen atoms in total. The monoisotopic (exact) mass is 116 g/mol. The molecule has 0 aromatic rings. The summed E-state index contributed by atoms with van der Waals surface area (Å²) in [7, 11) is 0. The van der Waals surface area contributed by atoms with E-state index >= 15 is 0 Å². The van der Waals surface area contributed by atoms with Gasteiger partial charge in [0, 0.05) is 11.5 Å². The minimum Gasteiger partial charge on any atom is -0.228 e. The van der Waals surface area contributed by atoms with E-state index in [4.69, 9.17) is 6.42 Å². The Balaban J connectivity index is 2.48. The first-order chi connectivity index (χ1) is 3.27. The third-order valence-corrected chi connectivity index (χ3v) is 2.24. The lowest BCUT2D eigenvalue weighted by atomic mass is 10.2. The molecule has 0 N–H and O–H groups in total. The summed E-state index contributed by atoms with van der Waals surface area (Å²) in [5, 5.41) is 0. The second-order valence-electron chi connectivity index (χ2n) is 1.60. The molecule has 0 aromatic heterocycles. The van der Waals surface area contributed by atoms with Gasteiger partial charge in [0.15, 0.2) is 5.67 Å². The van der Waals surface area contributed by atoms with E-state index in [1.807, 2.05) is 0 Å². The normalized spacial score (nSPS) is 25.1. The second kappa shape index (κ2) is 1.41. The number of rotatable bonds is 0. The zero-order valence-corrected chi connectivity index (χ0v) is 4.59. The lowest BCUT2D eigenvalue weighted by Gasteiger charge is -2.26. The van der Waals surface area contributed by atoms with Gasteiger partial charge in [-0.1, -0.05) is 5.92 Å². The van der Waals surface area contributed by atoms with E-state index in [-0.39, 0.29) is 0 Å². The van der Waals surface area contributed by atoms with Crippen LogP contribution in [0.5, 0.6) is 0 Å². The predicted octanol–water partition coefficient (Wildman–Crippen LogP) is 1.07. The summed E-state index contributed by atoms with van der Waals surface area (Å²) in [6.45, 7) is 0. The molecule has 1 fully saturated rings. The molecule has 1 aliphatic rings. The van der Waals surface area contributed by atoms with E-state index in [2.05, 4.69) is 5.92 Å². The molecule has 1 saturated heterocycles. The van der Waals surface area contributed by atoms with Gasteiger partial charge in [-0.25, -0.2) is 4.39 Å². The molecular weight excluding hydrogens is 111 g/mol. The third kappa shape index (κ3) is 0.733. The zero-order valence-electron chi connectivity index (χ0n) is 3.78. The van der Waals surface area contributed by atoms with E-state index in [1.165, 1.54) is 0 Å². The van der Waals surface area contributed by atoms with Gasteiger partial charge in [0.1, 0.15) is 0 Å². The lowest BCUT2D eigenvalue weighted by Crippen LogP contribution is -2.36. The summed E-state index contributed by atoms with van der Waals surface area (Å²) >= 11 is 1.55. The van der Waals surface area contributed by atoms with Gasteiger partial charge in [-0.05, 0) is 0 Å². The number of alkyl halides is 1. The van der Waals surface area contributed by atoms with Crippen LogP contribution in [0, 0.1) is 12.3 Å². The molecule has 0 saturated carbocycles. The number of terminal acetylenes is 1. The van der Waals surface area contributed by atoms with Crippen molar-refractivity contribution >= 4 is 11.8 Å². The molecule has 1 rings (SSSR count). The predicted molar refractivity (Wildman–Crippen MR) is 30.0 cm³/mol. The Morgan fingerprint density at radius 2 is 2.29 bits per heavy atom. The number of halogens is 1. The van der Waals surface area contributed by atoms with Gasteiger partial charge in [-0.15, -0.1) is 6.42 Å². The molecule has 1 aliphatic heterocycles. The van der Waals surface area contributed by atoms with Crippen molar-refractivity contribution in [3.05, 3.63) is 0 Å². The molecule has 0 aliphatic carbocycles. The summed E-state index contributed by atoms with van der Waals surface area (Å²) in [4.78, 5) is 0. The van der Waals surface area contributed by atoms with Gasteiger partial charge >= 0.3 is 0 Å². The van der Waals surface area contributed by atoms with Gasteiger partial charge in [0.25, 0.3) is 0 Å². The first kappa shape index (κ1) is 4.99. The van der Waals surface area contributed by atoms with Crippen LogP contribution < -0.4 is 0 Å². The molecule has 0 unspecified atom stereocenters. The van der Waals surface area contributed by atoms with Crippen molar-refractivity contribution < 1.29 is 4.39 Å². The van der Waals surface area contributed by atoms with Crippen LogP contribution in [0.1, 0.15) is 0 Å². The molecule has 0 radical (unpaired) electrons. The molecule has 0 amide bonds. The minimum absolute atomic E-state index is 0.490. The first-order valence-corrected chi connectivity index (χ1v) is 3.17. The number of hydrogen-bond donors (Lipinski definition) is 0. The first-order valence-electron chi connectivity index (χ1n) is 2.01. The Labute approximate surface area is 46.5 Å². The van der Waals surface area contributed by atoms with Crippen LogP contribution in [0.15, 0.2) is 0 Å². The van der Waals surface area contributed by atoms with Crippen LogP contribution in [0.3, 0.4) is 0 Å². The maximum absolute atomic E-state index is 12.4. The highest BCUT2D eigenvalue weighted by atomic mass is 32.2. The van der Waals surface area contributed by atoms with Gasteiger partial charge in [0.05, 0.1) is 0 Å². The molecule has 0 aromatic carbocycles. The molecule has 7 heavy (non-hydrogen) atoms. The van der Waals surface area contributed by atoms with E-state index in [0.717, 1.165) is 0 Å². The van der Waals surface area contributed by atoms with Crippen molar-refractivity contribution in [2.45, 2.75) is 5.67 Å². The van der Waals surface area contributed by atoms with Crippen molar-refractivity contribution in [3.8, 4) is 12.3 Å². The Hall–Kier alpha value is -0.160. The molecule has 0 spiro atoms. The van der Waals surface area contributed by atoms with Gasteiger partial charge in [-0.3, -0.25) is 0 Å². The van der Waals surface area contributed by atoms with E-state index in [0.29, 0.717) is 11.5 Å². The molecular formula is C5H5FS. The van der Waals surface area contributed by atoms with Crippen molar-refractivity contribution in [1.29, 1.82) is 0 Å². The van der Waals surface area contributed by atoms with Crippen LogP contribution in [0.25, 0.3) is 0 Å². The zero-order chi connectivity index (χ0) is 5.33. The standard InChI is InChI=1S/C5H5FS/c1-2-5(6)3-7-4-5/h1H,3-4H2. The smallest absolute Gasteiger partial charge is 0.188 e. The minimum atomic E-state index is -1.25. The van der Waals surface area contributed by atoms with Crippen LogP contribution in [-0.4, -0.2) is 17.2 Å². The summed E-state index contributed by atoms with van der Waals surface area (Å²) in [6, 6.07) is 0. The highest BCUT2D eigenvalue weighted by Crippen LogP contribution is 2.31. The van der Waals surface area contributed by atoms with Crippen LogP contribution in [0.2, 0.25) is 0 Å². The number of hydrogen-bond acceptors (Lipinski definition) is 1. The van der Waals surface area contributed by atoms with Crippen molar-refractivity contribution in [2.24, 2.45) is 0 Å². The fraction of sp³-hybridized carbons (Fsp3) is 0.600. The van der Waals surface area contributed by atoms with Crippen molar-refractivity contribution in [3.63, 3.8) is 0 Å². The van der Waals surface area contributed by atoms with Crippen LogP contribution in [0.4, 0.5) is 4.39 Å². The second-order valence-corrected chi connectivity index (χ2v) is 2.59. The van der Waals surface area contributed by atoms with Crippen LogP contribution >= 0.6 is 11.8 Å². The van der Waals surface area contributed by atoms with E-state index in [1.54, 1.807) is 11.8 Å². The van der Waals surface area contributed by atoms with Gasteiger partial charge < -0.3 is 0 Å². The average Bonchev–Trinajstić information content (AvgIpc) is 1.61. The average molecular weight is 116 g/mol. The van der Waals surface area contributed by atoms with Gasteiger partial charge in [0.2, 0.25) is 0 Å². The summed E-state index contributed by atoms with van der Waals surface area (Å²) in [5.74, 6) is 3.07. The third-order valence-electron chi connectivity index (χ3n) is 0.920. The van der Waals surface area contributed by atoms with Crippen LogP contribution in [-0.2, 0) is 0 Å². The summed E-state index contributed by atoms with van der Waals surface area (Å²) < 4.78 is 12.4. The fourth-order valence-corrected chi connectivity index (χ4v) is 1.09. The maximum Gasteiger partial charge on any atom is 0.188 e. The molecule has 0 bridgehead atoms.